The smallest absolute Gasteiger partial charge is 0.248 e. The third-order valence-corrected chi connectivity index (χ3v) is 4.87. The monoisotopic (exact) mass is 299 g/mol. The summed E-state index contributed by atoms with van der Waals surface area (Å²) < 4.78 is 33.7. The number of anilines is 1. The van der Waals surface area contributed by atoms with Crippen LogP contribution in [0.2, 0.25) is 0 Å². The molecule has 2 rings (SSSR count). The number of nitrogens with one attached hydrogen (secondary N) is 1. The second kappa shape index (κ2) is 4.91. The fourth-order valence-corrected chi connectivity index (χ4v) is 3.44. The van der Waals surface area contributed by atoms with Crippen molar-refractivity contribution in [2.45, 2.75) is 31.7 Å². The number of nitrogen functional groups attached to an aromatic ring is 1. The predicted molar refractivity (Wildman–Crippen MR) is 72.3 cm³/mol. The van der Waals surface area contributed by atoms with E-state index in [1.54, 1.807) is 24.9 Å². The Hall–Kier alpha value is -1.87. The first-order chi connectivity index (χ1) is 9.24. The molecule has 0 amide bonds. The highest BCUT2D eigenvalue weighted by atomic mass is 32.2. The van der Waals surface area contributed by atoms with Gasteiger partial charge in [-0.3, -0.25) is 4.68 Å². The average Bonchev–Trinajstić information content (AvgIpc) is 2.83. The number of hydrogen-bond acceptors (Lipinski definition) is 6. The lowest BCUT2D eigenvalue weighted by Gasteiger charge is -2.13. The van der Waals surface area contributed by atoms with E-state index in [1.165, 1.54) is 6.92 Å². The van der Waals surface area contributed by atoms with Crippen LogP contribution in [0.15, 0.2) is 15.6 Å². The minimum absolute atomic E-state index is 0.120. The first kappa shape index (κ1) is 14.5. The van der Waals surface area contributed by atoms with E-state index in [9.17, 15) is 8.42 Å². The van der Waals surface area contributed by atoms with Gasteiger partial charge in [0.25, 0.3) is 0 Å². The van der Waals surface area contributed by atoms with E-state index in [4.69, 9.17) is 10.3 Å². The van der Waals surface area contributed by atoms with Crippen LogP contribution in [0.5, 0.6) is 0 Å². The number of aromatic nitrogens is 3. The summed E-state index contributed by atoms with van der Waals surface area (Å²) in [5, 5.41) is 7.54. The molecule has 0 spiro atoms. The van der Waals surface area contributed by atoms with Crippen LogP contribution in [-0.4, -0.2) is 23.4 Å². The quantitative estimate of drug-likeness (QED) is 0.856. The Morgan fingerprint density at radius 1 is 1.45 bits per heavy atom. The van der Waals surface area contributed by atoms with Crippen molar-refractivity contribution in [3.05, 3.63) is 23.2 Å². The lowest BCUT2D eigenvalue weighted by atomic mass is 10.1. The van der Waals surface area contributed by atoms with Crippen LogP contribution < -0.4 is 10.5 Å². The van der Waals surface area contributed by atoms with E-state index in [1.807, 2.05) is 6.92 Å². The van der Waals surface area contributed by atoms with Gasteiger partial charge in [-0.15, -0.1) is 0 Å². The molecule has 3 N–H and O–H groups in total. The summed E-state index contributed by atoms with van der Waals surface area (Å²) in [6.07, 6.45) is 1.63. The molecule has 0 aliphatic rings. The SMILES string of the molecule is Cc1onc(N)c1S(=O)(=O)NC(C)c1cnn(C)c1C. The van der Waals surface area contributed by atoms with Crippen molar-refractivity contribution in [3.8, 4) is 0 Å². The van der Waals surface area contributed by atoms with Gasteiger partial charge >= 0.3 is 0 Å². The molecule has 2 aromatic heterocycles. The summed E-state index contributed by atoms with van der Waals surface area (Å²) in [5.74, 6) is 0.00946. The Kier molecular flexibility index (Phi) is 3.57. The fourth-order valence-electron chi connectivity index (χ4n) is 2.00. The maximum absolute atomic E-state index is 12.3. The molecule has 110 valence electrons. The highest BCUT2D eigenvalue weighted by molar-refractivity contribution is 7.89. The van der Waals surface area contributed by atoms with E-state index < -0.39 is 16.1 Å². The van der Waals surface area contributed by atoms with Gasteiger partial charge in [0.05, 0.1) is 6.20 Å². The first-order valence-electron chi connectivity index (χ1n) is 5.96. The van der Waals surface area contributed by atoms with E-state index in [-0.39, 0.29) is 16.5 Å². The Bertz CT molecular complexity index is 712. The average molecular weight is 299 g/mol. The van der Waals surface area contributed by atoms with Crippen LogP contribution >= 0.6 is 0 Å². The van der Waals surface area contributed by atoms with Crippen molar-refractivity contribution in [1.29, 1.82) is 0 Å². The number of nitrogens with two attached hydrogens (primary N) is 1. The molecule has 2 heterocycles. The molecule has 2 aromatic rings. The summed E-state index contributed by atoms with van der Waals surface area (Å²) >= 11 is 0. The molecule has 0 aliphatic heterocycles. The zero-order chi connectivity index (χ0) is 15.1. The highest BCUT2D eigenvalue weighted by Gasteiger charge is 2.27. The fraction of sp³-hybridized carbons (Fsp3) is 0.455. The molecule has 1 unspecified atom stereocenters. The van der Waals surface area contributed by atoms with E-state index in [0.29, 0.717) is 0 Å². The van der Waals surface area contributed by atoms with Crippen LogP contribution in [0.3, 0.4) is 0 Å². The minimum atomic E-state index is -3.80. The van der Waals surface area contributed by atoms with Gasteiger partial charge < -0.3 is 10.3 Å². The summed E-state index contributed by atoms with van der Waals surface area (Å²) in [6, 6.07) is -0.442. The summed E-state index contributed by atoms with van der Waals surface area (Å²) in [5.41, 5.74) is 7.22. The highest BCUT2D eigenvalue weighted by Crippen LogP contribution is 2.24. The van der Waals surface area contributed by atoms with Crippen molar-refractivity contribution < 1.29 is 12.9 Å². The molecule has 1 atom stereocenters. The normalized spacial score (nSPS) is 13.6. The van der Waals surface area contributed by atoms with Gasteiger partial charge in [0.2, 0.25) is 10.0 Å². The molecule has 0 fully saturated rings. The number of sulfonamides is 1. The predicted octanol–water partition coefficient (Wildman–Crippen LogP) is 0.647. The van der Waals surface area contributed by atoms with Crippen molar-refractivity contribution in [1.82, 2.24) is 19.7 Å². The second-order valence-corrected chi connectivity index (χ2v) is 6.26. The topological polar surface area (TPSA) is 116 Å². The van der Waals surface area contributed by atoms with Crippen molar-refractivity contribution in [2.75, 3.05) is 5.73 Å². The van der Waals surface area contributed by atoms with Crippen molar-refractivity contribution in [3.63, 3.8) is 0 Å². The third kappa shape index (κ3) is 2.41. The van der Waals surface area contributed by atoms with E-state index in [2.05, 4.69) is 15.0 Å². The van der Waals surface area contributed by atoms with Gasteiger partial charge in [-0.05, 0) is 20.8 Å². The largest absolute Gasteiger partial charge is 0.380 e. The molecule has 0 aliphatic carbocycles. The Morgan fingerprint density at radius 3 is 2.55 bits per heavy atom. The molecule has 0 bridgehead atoms. The number of nitrogens with zero attached hydrogens (tertiary/aromatic N) is 3. The van der Waals surface area contributed by atoms with Crippen molar-refractivity contribution >= 4 is 15.8 Å². The molecule has 0 radical (unpaired) electrons. The van der Waals surface area contributed by atoms with Crippen LogP contribution in [0.1, 0.15) is 30.0 Å². The summed E-state index contributed by atoms with van der Waals surface area (Å²) in [7, 11) is -2.01. The molecular weight excluding hydrogens is 282 g/mol. The first-order valence-corrected chi connectivity index (χ1v) is 7.45. The molecule has 20 heavy (non-hydrogen) atoms. The maximum atomic E-state index is 12.3. The van der Waals surface area contributed by atoms with Gasteiger partial charge in [0.1, 0.15) is 0 Å². The van der Waals surface area contributed by atoms with Crippen LogP contribution in [0, 0.1) is 13.8 Å². The van der Waals surface area contributed by atoms with Gasteiger partial charge in [-0.2, -0.15) is 5.10 Å². The standard InChI is InChI=1S/C11H17N5O3S/c1-6(9-5-13-16(4)7(9)2)15-20(17,18)10-8(3)19-14-11(10)12/h5-6,15H,1-4H3,(H2,12,14). The Balaban J connectivity index is 2.32. The maximum Gasteiger partial charge on any atom is 0.248 e. The molecule has 0 aromatic carbocycles. The lowest BCUT2D eigenvalue weighted by Crippen LogP contribution is -2.28. The molecule has 8 nitrogen and oxygen atoms in total. The lowest BCUT2D eigenvalue weighted by molar-refractivity contribution is 0.396. The number of hydrogen-bond donors (Lipinski definition) is 2. The second-order valence-electron chi connectivity index (χ2n) is 4.61. The van der Waals surface area contributed by atoms with Crippen LogP contribution in [0.4, 0.5) is 5.82 Å². The van der Waals surface area contributed by atoms with Crippen LogP contribution in [0.25, 0.3) is 0 Å². The van der Waals surface area contributed by atoms with E-state index >= 15 is 0 Å². The summed E-state index contributed by atoms with van der Waals surface area (Å²) in [6.45, 7) is 5.10. The van der Waals surface area contributed by atoms with Gasteiger partial charge in [0.15, 0.2) is 16.5 Å². The van der Waals surface area contributed by atoms with Crippen molar-refractivity contribution in [2.24, 2.45) is 7.05 Å². The summed E-state index contributed by atoms with van der Waals surface area (Å²) in [4.78, 5) is -0.120. The van der Waals surface area contributed by atoms with Crippen LogP contribution in [-0.2, 0) is 17.1 Å². The minimum Gasteiger partial charge on any atom is -0.380 e. The number of aryl methyl sites for hydroxylation is 2. The zero-order valence-corrected chi connectivity index (χ0v) is 12.5. The van der Waals surface area contributed by atoms with Gasteiger partial charge in [0, 0.05) is 24.3 Å². The third-order valence-electron chi connectivity index (χ3n) is 3.17. The van der Waals surface area contributed by atoms with Gasteiger partial charge in [-0.25, -0.2) is 13.1 Å². The molecule has 0 saturated heterocycles. The molecular formula is C11H17N5O3S. The Morgan fingerprint density at radius 2 is 2.10 bits per heavy atom. The number of rotatable bonds is 4. The molecule has 9 heteroatoms. The van der Waals surface area contributed by atoms with E-state index in [0.717, 1.165) is 11.3 Å². The molecule has 0 saturated carbocycles. The Labute approximate surface area is 117 Å². The van der Waals surface area contributed by atoms with Gasteiger partial charge in [-0.1, -0.05) is 5.16 Å². The zero-order valence-electron chi connectivity index (χ0n) is 11.7.